The van der Waals surface area contributed by atoms with Crippen LogP contribution in [0.5, 0.6) is 5.75 Å². The van der Waals surface area contributed by atoms with Crippen LogP contribution in [0, 0.1) is 0 Å². The van der Waals surface area contributed by atoms with Crippen LogP contribution in [0.3, 0.4) is 0 Å². The average molecular weight is 335 g/mol. The van der Waals surface area contributed by atoms with E-state index in [1.807, 2.05) is 24.3 Å². The van der Waals surface area contributed by atoms with Gasteiger partial charge in [-0.1, -0.05) is 21.5 Å². The minimum atomic E-state index is -0.311. The lowest BCUT2D eigenvalue weighted by molar-refractivity contribution is 0.00578. The molecule has 1 atom stereocenters. The van der Waals surface area contributed by atoms with Crippen LogP contribution >= 0.6 is 9.39 Å². The van der Waals surface area contributed by atoms with E-state index in [1.54, 1.807) is 0 Å². The molecule has 23 heavy (non-hydrogen) atoms. The predicted octanol–water partition coefficient (Wildman–Crippen LogP) is 2.62. The van der Waals surface area contributed by atoms with E-state index in [1.165, 1.54) is 0 Å². The first-order valence-electron chi connectivity index (χ1n) is 8.39. The highest BCUT2D eigenvalue weighted by Crippen LogP contribution is 2.36. The van der Waals surface area contributed by atoms with Crippen molar-refractivity contribution in [1.82, 2.24) is 4.67 Å². The Labute approximate surface area is 142 Å². The summed E-state index contributed by atoms with van der Waals surface area (Å²) >= 11 is 0. The van der Waals surface area contributed by atoms with Crippen LogP contribution in [0.4, 0.5) is 0 Å². The van der Waals surface area contributed by atoms with E-state index in [9.17, 15) is 0 Å². The van der Waals surface area contributed by atoms with Gasteiger partial charge in [0.2, 0.25) is 0 Å². The maximum absolute atomic E-state index is 6.09. The molecule has 1 aromatic carbocycles. The number of nitrogens with zero attached hydrogens (tertiary/aromatic N) is 1. The lowest BCUT2D eigenvalue weighted by Crippen LogP contribution is -2.41. The quantitative estimate of drug-likeness (QED) is 0.628. The van der Waals surface area contributed by atoms with Crippen molar-refractivity contribution >= 4 is 22.0 Å². The van der Waals surface area contributed by atoms with Crippen LogP contribution in [-0.2, 0) is 9.31 Å². The molecule has 6 heteroatoms. The summed E-state index contributed by atoms with van der Waals surface area (Å²) in [6.07, 6.45) is 2.46. The van der Waals surface area contributed by atoms with E-state index >= 15 is 0 Å². The highest BCUT2D eigenvalue weighted by atomic mass is 31.0. The summed E-state index contributed by atoms with van der Waals surface area (Å²) < 4.78 is 20.5. The molecule has 4 nitrogen and oxygen atoms in total. The third-order valence-electron chi connectivity index (χ3n) is 5.18. The third kappa shape index (κ3) is 3.74. The van der Waals surface area contributed by atoms with Crippen molar-refractivity contribution in [3.8, 4) is 5.75 Å². The summed E-state index contributed by atoms with van der Waals surface area (Å²) in [6.45, 7) is 10.4. The minimum Gasteiger partial charge on any atom is -0.490 e. The van der Waals surface area contributed by atoms with Gasteiger partial charge >= 0.3 is 7.12 Å². The van der Waals surface area contributed by atoms with Crippen LogP contribution in [0.2, 0.25) is 0 Å². The van der Waals surface area contributed by atoms with E-state index in [4.69, 9.17) is 14.0 Å². The largest absolute Gasteiger partial charge is 0.494 e. The van der Waals surface area contributed by atoms with E-state index in [0.717, 1.165) is 37.1 Å². The summed E-state index contributed by atoms with van der Waals surface area (Å²) in [4.78, 5) is 0. The fraction of sp³-hybridized carbons (Fsp3) is 0.647. The van der Waals surface area contributed by atoms with Gasteiger partial charge in [-0.15, -0.1) is 0 Å². The summed E-state index contributed by atoms with van der Waals surface area (Å²) in [5.74, 6) is 0.924. The van der Waals surface area contributed by atoms with E-state index in [0.29, 0.717) is 6.10 Å². The fourth-order valence-corrected chi connectivity index (χ4v) is 3.17. The van der Waals surface area contributed by atoms with E-state index in [-0.39, 0.29) is 18.3 Å². The molecule has 126 valence electrons. The number of rotatable bonds is 3. The molecular weight excluding hydrogens is 308 g/mol. The molecule has 0 spiro atoms. The average Bonchev–Trinajstić information content (AvgIpc) is 2.71. The Morgan fingerprint density at radius 1 is 1.04 bits per heavy atom. The summed E-state index contributed by atoms with van der Waals surface area (Å²) in [7, 11) is 2.45. The highest BCUT2D eigenvalue weighted by Gasteiger charge is 2.51. The Kier molecular flexibility index (Phi) is 4.77. The van der Waals surface area contributed by atoms with Gasteiger partial charge < -0.3 is 14.0 Å². The molecule has 2 fully saturated rings. The smallest absolute Gasteiger partial charge is 0.490 e. The molecule has 1 aromatic rings. The molecule has 2 saturated heterocycles. The molecule has 0 aromatic heterocycles. The van der Waals surface area contributed by atoms with Crippen molar-refractivity contribution in [3.63, 3.8) is 0 Å². The van der Waals surface area contributed by atoms with Gasteiger partial charge in [0.05, 0.1) is 11.2 Å². The molecule has 0 aliphatic carbocycles. The van der Waals surface area contributed by atoms with Gasteiger partial charge in [-0.25, -0.2) is 0 Å². The molecule has 2 aliphatic heterocycles. The fourth-order valence-electron chi connectivity index (χ4n) is 2.87. The topological polar surface area (TPSA) is 30.9 Å². The maximum Gasteiger partial charge on any atom is 0.494 e. The molecule has 0 amide bonds. The molecule has 2 heterocycles. The van der Waals surface area contributed by atoms with Crippen LogP contribution in [-0.4, -0.2) is 42.2 Å². The van der Waals surface area contributed by atoms with Gasteiger partial charge in [-0.05, 0) is 58.1 Å². The van der Waals surface area contributed by atoms with Crippen molar-refractivity contribution in [2.45, 2.75) is 57.8 Å². The van der Waals surface area contributed by atoms with Crippen molar-refractivity contribution in [2.75, 3.05) is 13.1 Å². The van der Waals surface area contributed by atoms with Gasteiger partial charge in [-0.2, -0.15) is 0 Å². The first-order valence-corrected chi connectivity index (χ1v) is 8.90. The lowest BCUT2D eigenvalue weighted by Gasteiger charge is -2.32. The maximum atomic E-state index is 6.09. The van der Waals surface area contributed by atoms with E-state index in [2.05, 4.69) is 41.8 Å². The molecule has 2 aliphatic rings. The Morgan fingerprint density at radius 3 is 2.09 bits per heavy atom. The highest BCUT2D eigenvalue weighted by molar-refractivity contribution is 7.13. The van der Waals surface area contributed by atoms with Gasteiger partial charge in [-0.3, -0.25) is 4.67 Å². The monoisotopic (exact) mass is 335 g/mol. The number of piperidine rings is 1. The zero-order valence-electron chi connectivity index (χ0n) is 14.5. The van der Waals surface area contributed by atoms with Crippen molar-refractivity contribution < 1.29 is 14.0 Å². The van der Waals surface area contributed by atoms with Crippen molar-refractivity contribution in [2.24, 2.45) is 0 Å². The molecule has 0 N–H and O–H groups in total. The lowest BCUT2D eigenvalue weighted by atomic mass is 9.79. The number of benzene rings is 1. The van der Waals surface area contributed by atoms with Gasteiger partial charge in [0.25, 0.3) is 0 Å². The van der Waals surface area contributed by atoms with Crippen LogP contribution in [0.1, 0.15) is 40.5 Å². The zero-order valence-corrected chi connectivity index (χ0v) is 15.7. The Hall–Kier alpha value is -0.605. The zero-order chi connectivity index (χ0) is 16.7. The van der Waals surface area contributed by atoms with E-state index < -0.39 is 0 Å². The summed E-state index contributed by atoms with van der Waals surface area (Å²) in [6, 6.07) is 8.13. The SMILES string of the molecule is CC1(C)OB(c2ccc(OC3CCN(P)CC3)cc2)OC1(C)C. The van der Waals surface area contributed by atoms with Crippen molar-refractivity contribution in [1.29, 1.82) is 0 Å². The first-order chi connectivity index (χ1) is 10.8. The molecular formula is C17H27BNO3P. The number of hydrogen-bond acceptors (Lipinski definition) is 4. The normalized spacial score (nSPS) is 24.8. The van der Waals surface area contributed by atoms with Crippen LogP contribution in [0.25, 0.3) is 0 Å². The van der Waals surface area contributed by atoms with Gasteiger partial charge in [0.1, 0.15) is 11.9 Å². The third-order valence-corrected chi connectivity index (χ3v) is 5.70. The van der Waals surface area contributed by atoms with Gasteiger partial charge in [0.15, 0.2) is 0 Å². The van der Waals surface area contributed by atoms with Crippen LogP contribution < -0.4 is 10.2 Å². The number of hydrogen-bond donors (Lipinski definition) is 0. The molecule has 1 unspecified atom stereocenters. The summed E-state index contributed by atoms with van der Waals surface area (Å²) in [5.41, 5.74) is 0.425. The Morgan fingerprint density at radius 2 is 1.57 bits per heavy atom. The van der Waals surface area contributed by atoms with Crippen LogP contribution in [0.15, 0.2) is 24.3 Å². The molecule has 0 bridgehead atoms. The second-order valence-electron chi connectivity index (χ2n) is 7.51. The second kappa shape index (κ2) is 6.36. The van der Waals surface area contributed by atoms with Gasteiger partial charge in [0, 0.05) is 13.1 Å². The molecule has 3 rings (SSSR count). The predicted molar refractivity (Wildman–Crippen MR) is 97.1 cm³/mol. The molecule has 0 saturated carbocycles. The molecule has 0 radical (unpaired) electrons. The minimum absolute atomic E-state index is 0.307. The standard InChI is InChI=1S/C17H27BNO3P/c1-16(2)17(3,4)22-18(21-16)13-5-7-14(8-6-13)20-15-9-11-19(23)12-10-15/h5-8,15H,9-12,23H2,1-4H3. The second-order valence-corrected chi connectivity index (χ2v) is 8.24. The summed E-state index contributed by atoms with van der Waals surface area (Å²) in [5, 5.41) is 0. The van der Waals surface area contributed by atoms with Crippen molar-refractivity contribution in [3.05, 3.63) is 24.3 Å². The number of ether oxygens (including phenoxy) is 1. The Bertz CT molecular complexity index is 525. The first kappa shape index (κ1) is 17.2. The Balaban J connectivity index is 1.62.